The van der Waals surface area contributed by atoms with E-state index in [1.54, 1.807) is 0 Å². The number of rotatable bonds is 0. The fourth-order valence-electron chi connectivity index (χ4n) is 1.66. The molecule has 0 aliphatic carbocycles. The average molecular weight is 163 g/mol. The molecule has 0 fully saturated rings. The van der Waals surface area contributed by atoms with Crippen molar-refractivity contribution < 1.29 is 4.74 Å². The minimum atomic E-state index is 0.306. The van der Waals surface area contributed by atoms with Crippen LogP contribution in [0, 0.1) is 6.92 Å². The van der Waals surface area contributed by atoms with Crippen LogP contribution in [0.3, 0.4) is 0 Å². The van der Waals surface area contributed by atoms with E-state index in [2.05, 4.69) is 13.8 Å². The van der Waals surface area contributed by atoms with Crippen LogP contribution >= 0.6 is 0 Å². The normalized spacial score (nSPS) is 20.3. The molecule has 2 nitrogen and oxygen atoms in total. The summed E-state index contributed by atoms with van der Waals surface area (Å²) < 4.78 is 5.59. The van der Waals surface area contributed by atoms with Crippen molar-refractivity contribution in [3.05, 3.63) is 23.3 Å². The molecule has 0 aromatic heterocycles. The minimum Gasteiger partial charge on any atom is -0.490 e. The summed E-state index contributed by atoms with van der Waals surface area (Å²) in [5, 5.41) is 0. The van der Waals surface area contributed by atoms with Crippen molar-refractivity contribution in [2.75, 3.05) is 5.73 Å². The van der Waals surface area contributed by atoms with Crippen molar-refractivity contribution in [1.29, 1.82) is 0 Å². The number of nitrogens with two attached hydrogens (primary N) is 1. The highest BCUT2D eigenvalue weighted by Gasteiger charge is 2.21. The smallest absolute Gasteiger partial charge is 0.123 e. The molecule has 2 heteroatoms. The fraction of sp³-hybridized carbons (Fsp3) is 0.400. The Balaban J connectivity index is 2.54. The van der Waals surface area contributed by atoms with Crippen LogP contribution in [-0.2, 0) is 6.42 Å². The second-order valence-electron chi connectivity index (χ2n) is 3.39. The van der Waals surface area contributed by atoms with Gasteiger partial charge in [-0.1, -0.05) is 0 Å². The average Bonchev–Trinajstić information content (AvgIpc) is 2.39. The highest BCUT2D eigenvalue weighted by atomic mass is 16.5. The second-order valence-corrected chi connectivity index (χ2v) is 3.39. The van der Waals surface area contributed by atoms with Gasteiger partial charge in [0, 0.05) is 17.7 Å². The lowest BCUT2D eigenvalue weighted by Gasteiger charge is -2.04. The zero-order valence-corrected chi connectivity index (χ0v) is 7.42. The van der Waals surface area contributed by atoms with E-state index in [0.717, 1.165) is 17.9 Å². The van der Waals surface area contributed by atoms with E-state index in [0.29, 0.717) is 6.10 Å². The summed E-state index contributed by atoms with van der Waals surface area (Å²) in [6, 6.07) is 3.87. The van der Waals surface area contributed by atoms with E-state index in [-0.39, 0.29) is 0 Å². The lowest BCUT2D eigenvalue weighted by molar-refractivity contribution is 0.254. The molecule has 2 rings (SSSR count). The molecule has 1 heterocycles. The molecule has 0 radical (unpaired) electrons. The van der Waals surface area contributed by atoms with Crippen molar-refractivity contribution in [3.8, 4) is 5.75 Å². The van der Waals surface area contributed by atoms with Crippen LogP contribution in [0.15, 0.2) is 12.1 Å². The molecule has 0 amide bonds. The van der Waals surface area contributed by atoms with Gasteiger partial charge in [-0.25, -0.2) is 0 Å². The largest absolute Gasteiger partial charge is 0.490 e. The van der Waals surface area contributed by atoms with Gasteiger partial charge in [0.25, 0.3) is 0 Å². The Kier molecular flexibility index (Phi) is 1.50. The maximum Gasteiger partial charge on any atom is 0.123 e. The molecule has 12 heavy (non-hydrogen) atoms. The number of nitrogen functional groups attached to an aromatic ring is 1. The van der Waals surface area contributed by atoms with Crippen molar-refractivity contribution in [3.63, 3.8) is 0 Å². The predicted molar refractivity (Wildman–Crippen MR) is 49.4 cm³/mol. The van der Waals surface area contributed by atoms with E-state index >= 15 is 0 Å². The lowest BCUT2D eigenvalue weighted by atomic mass is 10.0. The van der Waals surface area contributed by atoms with Gasteiger partial charge < -0.3 is 10.5 Å². The Labute approximate surface area is 72.3 Å². The van der Waals surface area contributed by atoms with Crippen LogP contribution in [0.4, 0.5) is 5.69 Å². The summed E-state index contributed by atoms with van der Waals surface area (Å²) in [4.78, 5) is 0. The number of anilines is 1. The maximum absolute atomic E-state index is 5.78. The summed E-state index contributed by atoms with van der Waals surface area (Å²) >= 11 is 0. The Bertz CT molecular complexity index is 320. The van der Waals surface area contributed by atoms with Gasteiger partial charge in [0.1, 0.15) is 11.9 Å². The van der Waals surface area contributed by atoms with Crippen LogP contribution in [0.2, 0.25) is 0 Å². The summed E-state index contributed by atoms with van der Waals surface area (Å²) in [5.41, 5.74) is 9.11. The predicted octanol–water partition coefficient (Wildman–Crippen LogP) is 1.90. The molecule has 0 spiro atoms. The fourth-order valence-corrected chi connectivity index (χ4v) is 1.66. The molecule has 1 atom stereocenters. The number of fused-ring (bicyclic) bond motifs is 1. The maximum atomic E-state index is 5.78. The van der Waals surface area contributed by atoms with Gasteiger partial charge in [-0.15, -0.1) is 0 Å². The molecule has 1 aliphatic rings. The molecule has 1 aromatic rings. The van der Waals surface area contributed by atoms with Crippen LogP contribution in [-0.4, -0.2) is 6.10 Å². The Morgan fingerprint density at radius 2 is 2.25 bits per heavy atom. The van der Waals surface area contributed by atoms with Gasteiger partial charge in [0.15, 0.2) is 0 Å². The Hall–Kier alpha value is -1.18. The molecule has 0 unspecified atom stereocenters. The quantitative estimate of drug-likeness (QED) is 0.593. The first-order valence-electron chi connectivity index (χ1n) is 4.23. The molecule has 0 saturated heterocycles. The molecule has 0 bridgehead atoms. The lowest BCUT2D eigenvalue weighted by Crippen LogP contribution is -2.05. The standard InChI is InChI=1S/C10H13NO/c1-6-5-8-7(2)9(11)3-4-10(8)12-6/h3-4,6H,5,11H2,1-2H3/t6-/m0/s1. The van der Waals surface area contributed by atoms with Crippen molar-refractivity contribution in [2.45, 2.75) is 26.4 Å². The van der Waals surface area contributed by atoms with Crippen LogP contribution < -0.4 is 10.5 Å². The van der Waals surface area contributed by atoms with Crippen molar-refractivity contribution in [2.24, 2.45) is 0 Å². The van der Waals surface area contributed by atoms with Crippen LogP contribution in [0.5, 0.6) is 5.75 Å². The number of hydrogen-bond donors (Lipinski definition) is 1. The van der Waals surface area contributed by atoms with Crippen LogP contribution in [0.25, 0.3) is 0 Å². The zero-order valence-electron chi connectivity index (χ0n) is 7.42. The summed E-state index contributed by atoms with van der Waals surface area (Å²) in [6.45, 7) is 4.13. The Morgan fingerprint density at radius 1 is 1.50 bits per heavy atom. The molecule has 2 N–H and O–H groups in total. The first-order valence-corrected chi connectivity index (χ1v) is 4.23. The van der Waals surface area contributed by atoms with Gasteiger partial charge in [0.2, 0.25) is 0 Å². The first kappa shape index (κ1) is 7.47. The highest BCUT2D eigenvalue weighted by molar-refractivity contribution is 5.57. The van der Waals surface area contributed by atoms with E-state index in [9.17, 15) is 0 Å². The topological polar surface area (TPSA) is 35.2 Å². The van der Waals surface area contributed by atoms with Crippen LogP contribution in [0.1, 0.15) is 18.1 Å². The van der Waals surface area contributed by atoms with Gasteiger partial charge >= 0.3 is 0 Å². The van der Waals surface area contributed by atoms with Gasteiger partial charge in [0.05, 0.1) is 0 Å². The highest BCUT2D eigenvalue weighted by Crippen LogP contribution is 2.33. The van der Waals surface area contributed by atoms with E-state index in [1.165, 1.54) is 11.1 Å². The minimum absolute atomic E-state index is 0.306. The molecular formula is C10H13NO. The third-order valence-corrected chi connectivity index (χ3v) is 2.42. The van der Waals surface area contributed by atoms with E-state index in [1.807, 2.05) is 12.1 Å². The molecule has 64 valence electrons. The van der Waals surface area contributed by atoms with E-state index < -0.39 is 0 Å². The van der Waals surface area contributed by atoms with Gasteiger partial charge in [-0.3, -0.25) is 0 Å². The summed E-state index contributed by atoms with van der Waals surface area (Å²) in [6.07, 6.45) is 1.30. The number of hydrogen-bond acceptors (Lipinski definition) is 2. The summed E-state index contributed by atoms with van der Waals surface area (Å²) in [5.74, 6) is 1.01. The number of ether oxygens (including phenoxy) is 1. The summed E-state index contributed by atoms with van der Waals surface area (Å²) in [7, 11) is 0. The zero-order chi connectivity index (χ0) is 8.72. The second kappa shape index (κ2) is 2.41. The first-order chi connectivity index (χ1) is 5.68. The van der Waals surface area contributed by atoms with Crippen molar-refractivity contribution in [1.82, 2.24) is 0 Å². The molecular weight excluding hydrogens is 150 g/mol. The molecule has 1 aliphatic heterocycles. The third-order valence-electron chi connectivity index (χ3n) is 2.42. The molecule has 1 aromatic carbocycles. The van der Waals surface area contributed by atoms with Gasteiger partial charge in [-0.05, 0) is 31.5 Å². The van der Waals surface area contributed by atoms with Crippen molar-refractivity contribution >= 4 is 5.69 Å². The monoisotopic (exact) mass is 163 g/mol. The van der Waals surface area contributed by atoms with Gasteiger partial charge in [-0.2, -0.15) is 0 Å². The van der Waals surface area contributed by atoms with E-state index in [4.69, 9.17) is 10.5 Å². The number of benzene rings is 1. The SMILES string of the molecule is Cc1c(N)ccc2c1C[C@H](C)O2. The third kappa shape index (κ3) is 0.951. The Morgan fingerprint density at radius 3 is 3.00 bits per heavy atom. The molecule has 0 saturated carbocycles.